The Labute approximate surface area is 103 Å². The highest BCUT2D eigenvalue weighted by atomic mass is 19.4. The van der Waals surface area contributed by atoms with Gasteiger partial charge in [0, 0.05) is 0 Å². The normalized spacial score (nSPS) is 11.7. The number of benzene rings is 1. The summed E-state index contributed by atoms with van der Waals surface area (Å²) in [6, 6.07) is 3.08. The van der Waals surface area contributed by atoms with Crippen LogP contribution in [0.1, 0.15) is 11.4 Å². The van der Waals surface area contributed by atoms with Gasteiger partial charge in [-0.25, -0.2) is 4.98 Å². The summed E-state index contributed by atoms with van der Waals surface area (Å²) < 4.78 is 38.3. The smallest absolute Gasteiger partial charge is 0.418 e. The molecule has 0 spiro atoms. The quantitative estimate of drug-likeness (QED) is 0.869. The van der Waals surface area contributed by atoms with Gasteiger partial charge in [0.05, 0.1) is 16.5 Å². The van der Waals surface area contributed by atoms with Gasteiger partial charge in [-0.3, -0.25) is 9.59 Å². The van der Waals surface area contributed by atoms with Crippen LogP contribution in [-0.4, -0.2) is 21.0 Å². The van der Waals surface area contributed by atoms with Crippen LogP contribution in [0, 0.1) is 0 Å². The number of carboxylic acid groups (broad SMARTS) is 1. The summed E-state index contributed by atoms with van der Waals surface area (Å²) in [5, 5.41) is 8.34. The molecule has 100 valence electrons. The van der Waals surface area contributed by atoms with Gasteiger partial charge >= 0.3 is 12.1 Å². The summed E-state index contributed by atoms with van der Waals surface area (Å²) in [5.41, 5.74) is -2.41. The van der Waals surface area contributed by atoms with Crippen LogP contribution in [0.25, 0.3) is 10.9 Å². The number of fused-ring (bicyclic) bond motifs is 1. The van der Waals surface area contributed by atoms with E-state index in [1.807, 2.05) is 0 Å². The zero-order valence-electron chi connectivity index (χ0n) is 9.28. The lowest BCUT2D eigenvalue weighted by Gasteiger charge is -2.09. The minimum absolute atomic E-state index is 0.232. The first-order chi connectivity index (χ1) is 8.79. The number of rotatable bonds is 2. The van der Waals surface area contributed by atoms with E-state index in [2.05, 4.69) is 9.97 Å². The maximum atomic E-state index is 12.8. The number of aromatic amines is 1. The summed E-state index contributed by atoms with van der Waals surface area (Å²) in [6.45, 7) is 0. The molecule has 2 aromatic rings. The Morgan fingerprint density at radius 3 is 2.63 bits per heavy atom. The largest absolute Gasteiger partial charge is 0.481 e. The van der Waals surface area contributed by atoms with Crippen LogP contribution in [0.2, 0.25) is 0 Å². The van der Waals surface area contributed by atoms with E-state index < -0.39 is 35.2 Å². The Morgan fingerprint density at radius 1 is 1.37 bits per heavy atom. The lowest BCUT2D eigenvalue weighted by molar-refractivity contribution is -0.137. The summed E-state index contributed by atoms with van der Waals surface area (Å²) in [4.78, 5) is 27.8. The molecule has 1 heterocycles. The van der Waals surface area contributed by atoms with Crippen molar-refractivity contribution in [2.45, 2.75) is 12.6 Å². The number of nitrogens with one attached hydrogen (secondary N) is 1. The fourth-order valence-electron chi connectivity index (χ4n) is 1.66. The average molecular weight is 272 g/mol. The van der Waals surface area contributed by atoms with Crippen molar-refractivity contribution >= 4 is 16.9 Å². The fraction of sp³-hybridized carbons (Fsp3) is 0.182. The van der Waals surface area contributed by atoms with Crippen molar-refractivity contribution in [1.29, 1.82) is 0 Å². The molecule has 0 atom stereocenters. The third kappa shape index (κ3) is 2.56. The Bertz CT molecular complexity index is 706. The third-order valence-electron chi connectivity index (χ3n) is 2.41. The molecule has 1 aromatic carbocycles. The molecule has 0 unspecified atom stereocenters. The van der Waals surface area contributed by atoms with Crippen LogP contribution in [0.3, 0.4) is 0 Å². The molecule has 2 rings (SSSR count). The first-order valence-electron chi connectivity index (χ1n) is 5.10. The molecule has 8 heteroatoms. The molecule has 0 radical (unpaired) electrons. The van der Waals surface area contributed by atoms with Gasteiger partial charge in [0.2, 0.25) is 0 Å². The zero-order valence-corrected chi connectivity index (χ0v) is 9.28. The molecular formula is C11H7F3N2O3. The van der Waals surface area contributed by atoms with Gasteiger partial charge in [0.15, 0.2) is 0 Å². The highest BCUT2D eigenvalue weighted by Crippen LogP contribution is 2.32. The number of hydrogen-bond donors (Lipinski definition) is 2. The second kappa shape index (κ2) is 4.38. The number of alkyl halides is 3. The minimum Gasteiger partial charge on any atom is -0.481 e. The summed E-state index contributed by atoms with van der Waals surface area (Å²) in [5.74, 6) is -1.62. The van der Waals surface area contributed by atoms with Gasteiger partial charge in [-0.05, 0) is 12.1 Å². The van der Waals surface area contributed by atoms with E-state index in [1.54, 1.807) is 0 Å². The number of aromatic nitrogens is 2. The van der Waals surface area contributed by atoms with E-state index >= 15 is 0 Å². The zero-order chi connectivity index (χ0) is 14.2. The van der Waals surface area contributed by atoms with Crippen molar-refractivity contribution in [2.24, 2.45) is 0 Å². The van der Waals surface area contributed by atoms with E-state index in [0.29, 0.717) is 0 Å². The number of hydrogen-bond acceptors (Lipinski definition) is 3. The van der Waals surface area contributed by atoms with E-state index in [-0.39, 0.29) is 11.2 Å². The maximum Gasteiger partial charge on any atom is 0.418 e. The molecule has 0 aliphatic rings. The summed E-state index contributed by atoms with van der Waals surface area (Å²) in [7, 11) is 0. The van der Waals surface area contributed by atoms with Crippen molar-refractivity contribution in [3.05, 3.63) is 39.9 Å². The number of para-hydroxylation sites is 1. The predicted octanol–water partition coefficient (Wildman–Crippen LogP) is 1.57. The molecule has 0 bridgehead atoms. The molecule has 0 amide bonds. The molecule has 1 aromatic heterocycles. The highest BCUT2D eigenvalue weighted by molar-refractivity contribution is 5.82. The average Bonchev–Trinajstić information content (AvgIpc) is 2.26. The van der Waals surface area contributed by atoms with E-state index in [4.69, 9.17) is 5.11 Å². The van der Waals surface area contributed by atoms with Crippen molar-refractivity contribution in [3.8, 4) is 0 Å². The third-order valence-corrected chi connectivity index (χ3v) is 2.41. The van der Waals surface area contributed by atoms with Crippen molar-refractivity contribution in [3.63, 3.8) is 0 Å². The lowest BCUT2D eigenvalue weighted by atomic mass is 10.1. The summed E-state index contributed by atoms with van der Waals surface area (Å²) >= 11 is 0. The first kappa shape index (κ1) is 13.1. The molecule has 2 N–H and O–H groups in total. The molecular weight excluding hydrogens is 265 g/mol. The first-order valence-corrected chi connectivity index (χ1v) is 5.10. The number of aliphatic carboxylic acids is 1. The monoisotopic (exact) mass is 272 g/mol. The number of halogens is 3. The number of H-pyrrole nitrogens is 1. The van der Waals surface area contributed by atoms with Gasteiger partial charge in [0.1, 0.15) is 12.2 Å². The van der Waals surface area contributed by atoms with Crippen molar-refractivity contribution in [2.75, 3.05) is 0 Å². The molecule has 0 saturated heterocycles. The molecule has 0 saturated carbocycles. The van der Waals surface area contributed by atoms with Gasteiger partial charge in [-0.1, -0.05) is 6.07 Å². The Morgan fingerprint density at radius 2 is 2.05 bits per heavy atom. The molecule has 19 heavy (non-hydrogen) atoms. The topological polar surface area (TPSA) is 83.0 Å². The van der Waals surface area contributed by atoms with E-state index in [9.17, 15) is 22.8 Å². The van der Waals surface area contributed by atoms with Crippen LogP contribution < -0.4 is 5.56 Å². The SMILES string of the molecule is O=C(O)Cc1nc2c(C(F)(F)F)cccc2c(=O)[nH]1. The van der Waals surface area contributed by atoms with Crippen LogP contribution in [0.5, 0.6) is 0 Å². The second-order valence-corrected chi connectivity index (χ2v) is 3.78. The van der Waals surface area contributed by atoms with Gasteiger partial charge < -0.3 is 10.1 Å². The maximum absolute atomic E-state index is 12.8. The van der Waals surface area contributed by atoms with Gasteiger partial charge in [-0.15, -0.1) is 0 Å². The standard InChI is InChI=1S/C11H7F3N2O3/c12-11(13,14)6-3-1-2-5-9(6)15-7(4-8(17)18)16-10(5)19/h1-3H,4H2,(H,17,18)(H,15,16,19). The lowest BCUT2D eigenvalue weighted by Crippen LogP contribution is -2.17. The van der Waals surface area contributed by atoms with Gasteiger partial charge in [0.25, 0.3) is 5.56 Å². The van der Waals surface area contributed by atoms with Crippen molar-refractivity contribution in [1.82, 2.24) is 9.97 Å². The number of nitrogens with zero attached hydrogens (tertiary/aromatic N) is 1. The van der Waals surface area contributed by atoms with Crippen LogP contribution in [0.4, 0.5) is 13.2 Å². The number of carbonyl (C=O) groups is 1. The molecule has 0 aliphatic carbocycles. The van der Waals surface area contributed by atoms with E-state index in [1.165, 1.54) is 6.07 Å². The second-order valence-electron chi connectivity index (χ2n) is 3.78. The fourth-order valence-corrected chi connectivity index (χ4v) is 1.66. The predicted molar refractivity (Wildman–Crippen MR) is 58.7 cm³/mol. The van der Waals surface area contributed by atoms with Crippen LogP contribution in [-0.2, 0) is 17.4 Å². The van der Waals surface area contributed by atoms with E-state index in [0.717, 1.165) is 12.1 Å². The summed E-state index contributed by atoms with van der Waals surface area (Å²) in [6.07, 6.45) is -5.32. The Hall–Kier alpha value is -2.38. The van der Waals surface area contributed by atoms with Crippen molar-refractivity contribution < 1.29 is 23.1 Å². The van der Waals surface area contributed by atoms with Gasteiger partial charge in [-0.2, -0.15) is 13.2 Å². The molecule has 0 aliphatic heterocycles. The van der Waals surface area contributed by atoms with Crippen LogP contribution >= 0.6 is 0 Å². The number of carboxylic acids is 1. The highest BCUT2D eigenvalue weighted by Gasteiger charge is 2.33. The minimum atomic E-state index is -4.67. The Kier molecular flexibility index (Phi) is 3.01. The molecule has 0 fully saturated rings. The molecule has 5 nitrogen and oxygen atoms in total. The van der Waals surface area contributed by atoms with Crippen LogP contribution in [0.15, 0.2) is 23.0 Å². The Balaban J connectivity index is 2.76.